The third kappa shape index (κ3) is 4.20. The molecule has 26 heavy (non-hydrogen) atoms. The van der Waals surface area contributed by atoms with Gasteiger partial charge in [-0.3, -0.25) is 4.79 Å². The van der Waals surface area contributed by atoms with Crippen LogP contribution in [-0.4, -0.2) is 23.0 Å². The zero-order valence-corrected chi connectivity index (χ0v) is 15.5. The number of aromatic nitrogens is 1. The number of benzene rings is 2. The predicted molar refractivity (Wildman–Crippen MR) is 103 cm³/mol. The van der Waals surface area contributed by atoms with Crippen molar-refractivity contribution in [2.75, 3.05) is 7.05 Å². The van der Waals surface area contributed by atoms with Gasteiger partial charge in [0.25, 0.3) is 0 Å². The molecule has 0 spiro atoms. The molecule has 134 valence electrons. The molecular formula is C22H24N2O2. The van der Waals surface area contributed by atoms with Gasteiger partial charge in [-0.05, 0) is 37.0 Å². The fourth-order valence-electron chi connectivity index (χ4n) is 3.08. The Bertz CT molecular complexity index is 847. The molecule has 1 amide bonds. The van der Waals surface area contributed by atoms with E-state index < -0.39 is 0 Å². The van der Waals surface area contributed by atoms with E-state index in [1.54, 1.807) is 4.90 Å². The highest BCUT2D eigenvalue weighted by atomic mass is 16.5. The molecule has 4 heteroatoms. The molecule has 0 aliphatic carbocycles. The fraction of sp³-hybridized carbons (Fsp3) is 0.273. The van der Waals surface area contributed by atoms with Gasteiger partial charge < -0.3 is 9.42 Å². The summed E-state index contributed by atoms with van der Waals surface area (Å²) < 4.78 is 5.16. The molecule has 0 N–H and O–H groups in total. The molecule has 1 heterocycles. The highest BCUT2D eigenvalue weighted by Crippen LogP contribution is 2.20. The largest absolute Gasteiger partial charge is 0.361 e. The summed E-state index contributed by atoms with van der Waals surface area (Å²) in [5, 5.41) is 3.94. The van der Waals surface area contributed by atoms with Crippen molar-refractivity contribution in [2.24, 2.45) is 0 Å². The fourth-order valence-corrected chi connectivity index (χ4v) is 3.08. The number of hydrogen-bond acceptors (Lipinski definition) is 3. The summed E-state index contributed by atoms with van der Waals surface area (Å²) in [5.74, 6) is 0.923. The number of hydrogen-bond donors (Lipinski definition) is 0. The molecule has 1 aromatic heterocycles. The summed E-state index contributed by atoms with van der Waals surface area (Å²) in [4.78, 5) is 14.2. The van der Waals surface area contributed by atoms with Gasteiger partial charge in [-0.25, -0.2) is 0 Å². The molecule has 3 aromatic rings. The van der Waals surface area contributed by atoms with Crippen molar-refractivity contribution >= 4 is 5.91 Å². The molecule has 0 unspecified atom stereocenters. The molecule has 3 rings (SSSR count). The third-order valence-corrected chi connectivity index (χ3v) is 4.68. The average Bonchev–Trinajstić information content (AvgIpc) is 2.99. The minimum absolute atomic E-state index is 0.122. The molecular weight excluding hydrogens is 324 g/mol. The van der Waals surface area contributed by atoms with E-state index in [9.17, 15) is 4.79 Å². The third-order valence-electron chi connectivity index (χ3n) is 4.68. The van der Waals surface area contributed by atoms with Gasteiger partial charge in [0.05, 0.1) is 5.69 Å². The summed E-state index contributed by atoms with van der Waals surface area (Å²) in [7, 11) is 1.85. The van der Waals surface area contributed by atoms with Crippen LogP contribution in [0.15, 0.2) is 59.1 Å². The first-order valence-corrected chi connectivity index (χ1v) is 8.84. The van der Waals surface area contributed by atoms with Crippen molar-refractivity contribution in [3.8, 4) is 11.1 Å². The lowest BCUT2D eigenvalue weighted by molar-refractivity contribution is -0.130. The van der Waals surface area contributed by atoms with Gasteiger partial charge in [0.1, 0.15) is 5.76 Å². The minimum Gasteiger partial charge on any atom is -0.361 e. The van der Waals surface area contributed by atoms with Gasteiger partial charge in [0.15, 0.2) is 0 Å². The smallest absolute Gasteiger partial charge is 0.222 e. The zero-order valence-electron chi connectivity index (χ0n) is 15.5. The van der Waals surface area contributed by atoms with Crippen LogP contribution < -0.4 is 0 Å². The van der Waals surface area contributed by atoms with Crippen molar-refractivity contribution in [3.05, 3.63) is 77.2 Å². The van der Waals surface area contributed by atoms with Crippen molar-refractivity contribution in [3.63, 3.8) is 0 Å². The molecule has 2 aromatic carbocycles. The number of rotatable bonds is 6. The van der Waals surface area contributed by atoms with Crippen LogP contribution in [-0.2, 0) is 17.8 Å². The predicted octanol–water partition coefficient (Wildman–Crippen LogP) is 4.55. The van der Waals surface area contributed by atoms with Gasteiger partial charge in [-0.2, -0.15) is 0 Å². The summed E-state index contributed by atoms with van der Waals surface area (Å²) in [5.41, 5.74) is 5.41. The van der Waals surface area contributed by atoms with E-state index in [2.05, 4.69) is 41.6 Å². The molecule has 0 aliphatic heterocycles. The van der Waals surface area contributed by atoms with Crippen molar-refractivity contribution in [1.82, 2.24) is 10.1 Å². The maximum Gasteiger partial charge on any atom is 0.222 e. The molecule has 0 atom stereocenters. The Morgan fingerprint density at radius 3 is 2.27 bits per heavy atom. The maximum absolute atomic E-state index is 12.4. The normalized spacial score (nSPS) is 10.7. The summed E-state index contributed by atoms with van der Waals surface area (Å²) in [6.45, 7) is 4.40. The quantitative estimate of drug-likeness (QED) is 0.656. The van der Waals surface area contributed by atoms with Crippen LogP contribution in [0.5, 0.6) is 0 Å². The second kappa shape index (κ2) is 8.00. The van der Waals surface area contributed by atoms with Crippen LogP contribution in [0.3, 0.4) is 0 Å². The van der Waals surface area contributed by atoms with Gasteiger partial charge in [0, 0.05) is 25.6 Å². The van der Waals surface area contributed by atoms with Crippen molar-refractivity contribution in [1.29, 1.82) is 0 Å². The summed E-state index contributed by atoms with van der Waals surface area (Å²) in [6, 6.07) is 18.7. The standard InChI is InChI=1S/C22H24N2O2/c1-16-21(17(2)26-23-16)13-14-22(25)24(3)15-18-9-11-20(12-10-18)19-7-5-4-6-8-19/h4-12H,13-15H2,1-3H3. The van der Waals surface area contributed by atoms with Gasteiger partial charge in [-0.1, -0.05) is 59.8 Å². The lowest BCUT2D eigenvalue weighted by atomic mass is 10.0. The molecule has 0 saturated carbocycles. The molecule has 0 fully saturated rings. The first-order valence-electron chi connectivity index (χ1n) is 8.84. The van der Waals surface area contributed by atoms with Gasteiger partial charge in [-0.15, -0.1) is 0 Å². The lowest BCUT2D eigenvalue weighted by Gasteiger charge is -2.17. The SMILES string of the molecule is Cc1noc(C)c1CCC(=O)N(C)Cc1ccc(-c2ccccc2)cc1. The van der Waals surface area contributed by atoms with Crippen LogP contribution in [0, 0.1) is 13.8 Å². The Kier molecular flexibility index (Phi) is 5.52. The molecule has 4 nitrogen and oxygen atoms in total. The van der Waals surface area contributed by atoms with Crippen LogP contribution in [0.25, 0.3) is 11.1 Å². The Morgan fingerprint density at radius 1 is 1.00 bits per heavy atom. The van der Waals surface area contributed by atoms with E-state index in [1.807, 2.05) is 39.1 Å². The van der Waals surface area contributed by atoms with Crippen LogP contribution in [0.1, 0.15) is 29.0 Å². The number of carbonyl (C=O) groups excluding carboxylic acids is 1. The first-order chi connectivity index (χ1) is 12.5. The highest BCUT2D eigenvalue weighted by Gasteiger charge is 2.14. The number of nitrogens with zero attached hydrogens (tertiary/aromatic N) is 2. The van der Waals surface area contributed by atoms with Crippen molar-refractivity contribution < 1.29 is 9.32 Å². The number of amides is 1. The lowest BCUT2D eigenvalue weighted by Crippen LogP contribution is -2.26. The maximum atomic E-state index is 12.4. The molecule has 0 aliphatic rings. The van der Waals surface area contributed by atoms with Crippen molar-refractivity contribution in [2.45, 2.75) is 33.2 Å². The van der Waals surface area contributed by atoms with E-state index in [0.29, 0.717) is 19.4 Å². The van der Waals surface area contributed by atoms with Crippen LogP contribution in [0.4, 0.5) is 0 Å². The minimum atomic E-state index is 0.122. The molecule has 0 saturated heterocycles. The van der Waals surface area contributed by atoms with Gasteiger partial charge in [0.2, 0.25) is 5.91 Å². The Morgan fingerprint density at radius 2 is 1.65 bits per heavy atom. The number of aryl methyl sites for hydroxylation is 2. The van der Waals surface area contributed by atoms with E-state index in [4.69, 9.17) is 4.52 Å². The zero-order chi connectivity index (χ0) is 18.5. The van der Waals surface area contributed by atoms with Gasteiger partial charge >= 0.3 is 0 Å². The van der Waals surface area contributed by atoms with E-state index in [0.717, 1.165) is 22.6 Å². The Hall–Kier alpha value is -2.88. The first kappa shape index (κ1) is 17.9. The second-order valence-electron chi connectivity index (χ2n) is 6.62. The van der Waals surface area contributed by atoms with Crippen LogP contribution in [0.2, 0.25) is 0 Å². The van der Waals surface area contributed by atoms with E-state index in [-0.39, 0.29) is 5.91 Å². The molecule has 0 radical (unpaired) electrons. The summed E-state index contributed by atoms with van der Waals surface area (Å²) in [6.07, 6.45) is 1.12. The van der Waals surface area contributed by atoms with Crippen LogP contribution >= 0.6 is 0 Å². The molecule has 0 bridgehead atoms. The van der Waals surface area contributed by atoms with E-state index in [1.165, 1.54) is 11.1 Å². The number of carbonyl (C=O) groups is 1. The Balaban J connectivity index is 1.57. The van der Waals surface area contributed by atoms with E-state index >= 15 is 0 Å². The Labute approximate surface area is 154 Å². The highest BCUT2D eigenvalue weighted by molar-refractivity contribution is 5.76. The summed E-state index contributed by atoms with van der Waals surface area (Å²) >= 11 is 0. The topological polar surface area (TPSA) is 46.3 Å². The average molecular weight is 348 g/mol. The second-order valence-corrected chi connectivity index (χ2v) is 6.62. The monoisotopic (exact) mass is 348 g/mol.